The molecule has 2 amide bonds. The molecule has 14 heteroatoms. The van der Waals surface area contributed by atoms with Gasteiger partial charge in [-0.15, -0.1) is 0 Å². The lowest BCUT2D eigenvalue weighted by Crippen LogP contribution is -2.25. The molecule has 0 atom stereocenters. The highest BCUT2D eigenvalue weighted by Gasteiger charge is 2.17. The van der Waals surface area contributed by atoms with Crippen molar-refractivity contribution in [3.8, 4) is 0 Å². The van der Waals surface area contributed by atoms with E-state index in [2.05, 4.69) is 10.6 Å². The number of carboxylic acids is 2. The summed E-state index contributed by atoms with van der Waals surface area (Å²) in [7, 11) is 0. The molecule has 3 rings (SSSR count). The van der Waals surface area contributed by atoms with Crippen molar-refractivity contribution in [1.82, 2.24) is 0 Å². The van der Waals surface area contributed by atoms with Crippen molar-refractivity contribution in [3.63, 3.8) is 0 Å². The molecule has 0 spiro atoms. The van der Waals surface area contributed by atoms with Crippen molar-refractivity contribution in [3.05, 3.63) is 103 Å². The van der Waals surface area contributed by atoms with Gasteiger partial charge in [0.1, 0.15) is 0 Å². The fraction of sp³-hybridized carbons (Fsp3) is 0. The van der Waals surface area contributed by atoms with Gasteiger partial charge in [-0.3, -0.25) is 29.8 Å². The number of carboxylic acid groups (broad SMARTS) is 2. The molecular formula is C22H12N4O10-2. The van der Waals surface area contributed by atoms with E-state index in [0.29, 0.717) is 0 Å². The molecule has 0 unspecified atom stereocenters. The minimum absolute atomic E-state index is 0.0619. The standard InChI is InChI=1S/C22H14N4O10/c27-19(23-17-9-13(25(33)34)5-7-15(17)21(29)30)11-1-2-12(4-3-11)20(28)24-18-10-14(26(35)36)6-8-16(18)22(31)32/h1-10H,(H,23,27)(H,24,28)(H,29,30)(H,31,32)/p-2. The number of nitrogens with zero attached hydrogens (tertiary/aromatic N) is 2. The van der Waals surface area contributed by atoms with Crippen LogP contribution in [0.15, 0.2) is 60.7 Å². The zero-order chi connectivity index (χ0) is 26.6. The highest BCUT2D eigenvalue weighted by Crippen LogP contribution is 2.24. The summed E-state index contributed by atoms with van der Waals surface area (Å²) in [6, 6.07) is 10.1. The van der Waals surface area contributed by atoms with Crippen molar-refractivity contribution >= 4 is 46.5 Å². The van der Waals surface area contributed by atoms with Gasteiger partial charge in [0.25, 0.3) is 23.2 Å². The van der Waals surface area contributed by atoms with Gasteiger partial charge < -0.3 is 30.4 Å². The van der Waals surface area contributed by atoms with Gasteiger partial charge in [-0.25, -0.2) is 0 Å². The number of non-ortho nitro benzene ring substituents is 2. The van der Waals surface area contributed by atoms with Crippen molar-refractivity contribution in [2.75, 3.05) is 10.6 Å². The van der Waals surface area contributed by atoms with E-state index in [1.807, 2.05) is 0 Å². The number of nitrogens with one attached hydrogen (secondary N) is 2. The molecule has 0 radical (unpaired) electrons. The van der Waals surface area contributed by atoms with Crippen LogP contribution in [0.25, 0.3) is 0 Å². The SMILES string of the molecule is O=C(Nc1cc([N+](=O)[O-])ccc1C(=O)[O-])c1ccc(C(=O)Nc2cc([N+](=O)[O-])ccc2C(=O)[O-])cc1. The second-order valence-corrected chi connectivity index (χ2v) is 7.03. The van der Waals surface area contributed by atoms with Crippen LogP contribution in [0.1, 0.15) is 41.4 Å². The lowest BCUT2D eigenvalue weighted by Gasteiger charge is -2.13. The van der Waals surface area contributed by atoms with Gasteiger partial charge >= 0.3 is 0 Å². The first-order valence-electron chi connectivity index (χ1n) is 9.70. The Labute approximate surface area is 200 Å². The number of benzene rings is 3. The van der Waals surface area contributed by atoms with Crippen molar-refractivity contribution in [2.45, 2.75) is 0 Å². The van der Waals surface area contributed by atoms with Gasteiger partial charge in [-0.2, -0.15) is 0 Å². The summed E-state index contributed by atoms with van der Waals surface area (Å²) in [5.41, 5.74) is -2.82. The van der Waals surface area contributed by atoms with Gasteiger partial charge in [0.05, 0.1) is 33.2 Å². The largest absolute Gasteiger partial charge is 0.545 e. The number of anilines is 2. The van der Waals surface area contributed by atoms with E-state index in [-0.39, 0.29) is 22.5 Å². The molecule has 14 nitrogen and oxygen atoms in total. The quantitative estimate of drug-likeness (QED) is 0.331. The molecule has 0 aliphatic rings. The highest BCUT2D eigenvalue weighted by molar-refractivity contribution is 6.10. The van der Waals surface area contributed by atoms with Crippen LogP contribution < -0.4 is 20.8 Å². The summed E-state index contributed by atoms with van der Waals surface area (Å²) in [4.78, 5) is 67.9. The topological polar surface area (TPSA) is 225 Å². The number of nitro benzene ring substituents is 2. The summed E-state index contributed by atoms with van der Waals surface area (Å²) < 4.78 is 0. The Morgan fingerprint density at radius 2 is 0.917 bits per heavy atom. The minimum atomic E-state index is -1.68. The maximum absolute atomic E-state index is 12.5. The van der Waals surface area contributed by atoms with E-state index in [1.54, 1.807) is 0 Å². The van der Waals surface area contributed by atoms with Crippen molar-refractivity contribution in [1.29, 1.82) is 0 Å². The molecule has 0 aliphatic heterocycles. The number of aromatic carboxylic acids is 2. The smallest absolute Gasteiger partial charge is 0.271 e. The average molecular weight is 492 g/mol. The molecule has 0 bridgehead atoms. The van der Waals surface area contributed by atoms with Crippen LogP contribution in [0.5, 0.6) is 0 Å². The number of hydrogen-bond acceptors (Lipinski definition) is 10. The van der Waals surface area contributed by atoms with Gasteiger partial charge in [-0.1, -0.05) is 0 Å². The first kappa shape index (κ1) is 25.0. The summed E-state index contributed by atoms with van der Waals surface area (Å²) in [6.07, 6.45) is 0. The highest BCUT2D eigenvalue weighted by atomic mass is 16.6. The Kier molecular flexibility index (Phi) is 7.00. The number of carbonyl (C=O) groups excluding carboxylic acids is 4. The Morgan fingerprint density at radius 3 is 1.19 bits per heavy atom. The first-order chi connectivity index (χ1) is 17.0. The van der Waals surface area contributed by atoms with Crippen LogP contribution in [-0.4, -0.2) is 33.6 Å². The normalized spacial score (nSPS) is 10.2. The molecule has 182 valence electrons. The molecule has 0 aromatic heterocycles. The average Bonchev–Trinajstić information content (AvgIpc) is 2.83. The molecule has 3 aromatic carbocycles. The van der Waals surface area contributed by atoms with E-state index >= 15 is 0 Å². The predicted octanol–water partition coefficient (Wildman–Crippen LogP) is 0.735. The Morgan fingerprint density at radius 1 is 0.583 bits per heavy atom. The molecule has 0 aliphatic carbocycles. The van der Waals surface area contributed by atoms with Gasteiger partial charge in [-0.05, 0) is 36.4 Å². The lowest BCUT2D eigenvalue weighted by atomic mass is 10.1. The van der Waals surface area contributed by atoms with Crippen LogP contribution in [0.2, 0.25) is 0 Å². The van der Waals surface area contributed by atoms with Crippen LogP contribution in [0, 0.1) is 20.2 Å². The fourth-order valence-corrected chi connectivity index (χ4v) is 3.02. The predicted molar refractivity (Wildman–Crippen MR) is 117 cm³/mol. The summed E-state index contributed by atoms with van der Waals surface area (Å²) in [5, 5.41) is 48.9. The van der Waals surface area contributed by atoms with E-state index in [0.717, 1.165) is 36.4 Å². The first-order valence-corrected chi connectivity index (χ1v) is 9.70. The Bertz CT molecular complexity index is 1320. The van der Waals surface area contributed by atoms with E-state index < -0.39 is 56.1 Å². The Balaban J connectivity index is 1.81. The van der Waals surface area contributed by atoms with Crippen LogP contribution >= 0.6 is 0 Å². The van der Waals surface area contributed by atoms with Crippen molar-refractivity contribution in [2.24, 2.45) is 0 Å². The second kappa shape index (κ2) is 10.1. The molecule has 0 saturated heterocycles. The molecule has 0 fully saturated rings. The summed E-state index contributed by atoms with van der Waals surface area (Å²) in [5.74, 6) is -5.07. The minimum Gasteiger partial charge on any atom is -0.545 e. The van der Waals surface area contributed by atoms with E-state index in [1.165, 1.54) is 24.3 Å². The molecule has 0 heterocycles. The van der Waals surface area contributed by atoms with Crippen molar-refractivity contribution < 1.29 is 39.2 Å². The third-order valence-corrected chi connectivity index (χ3v) is 4.77. The van der Waals surface area contributed by atoms with Crippen LogP contribution in [0.3, 0.4) is 0 Å². The number of amides is 2. The molecule has 2 N–H and O–H groups in total. The van der Waals surface area contributed by atoms with Gasteiger partial charge in [0.2, 0.25) is 0 Å². The number of rotatable bonds is 8. The zero-order valence-corrected chi connectivity index (χ0v) is 17.8. The van der Waals surface area contributed by atoms with Crippen LogP contribution in [-0.2, 0) is 0 Å². The third kappa shape index (κ3) is 5.45. The van der Waals surface area contributed by atoms with Gasteiger partial charge in [0, 0.05) is 46.5 Å². The maximum Gasteiger partial charge on any atom is 0.271 e. The third-order valence-electron chi connectivity index (χ3n) is 4.77. The number of nitro groups is 2. The number of carbonyl (C=O) groups is 4. The molecule has 36 heavy (non-hydrogen) atoms. The lowest BCUT2D eigenvalue weighted by molar-refractivity contribution is -0.385. The summed E-state index contributed by atoms with van der Waals surface area (Å²) in [6.45, 7) is 0. The van der Waals surface area contributed by atoms with E-state index in [4.69, 9.17) is 0 Å². The van der Waals surface area contributed by atoms with E-state index in [9.17, 15) is 49.6 Å². The van der Waals surface area contributed by atoms with Crippen LogP contribution in [0.4, 0.5) is 22.7 Å². The second-order valence-electron chi connectivity index (χ2n) is 7.03. The fourth-order valence-electron chi connectivity index (χ4n) is 3.02. The van der Waals surface area contributed by atoms with Gasteiger partial charge in [0.15, 0.2) is 0 Å². The number of hydrogen-bond donors (Lipinski definition) is 2. The maximum atomic E-state index is 12.5. The monoisotopic (exact) mass is 492 g/mol. The molecule has 3 aromatic rings. The zero-order valence-electron chi connectivity index (χ0n) is 17.8. The summed E-state index contributed by atoms with van der Waals surface area (Å²) >= 11 is 0. The Hall–Kier alpha value is -5.66. The molecular weight excluding hydrogens is 480 g/mol. The molecule has 0 saturated carbocycles.